The van der Waals surface area contributed by atoms with E-state index in [0.717, 1.165) is 70.6 Å². The third kappa shape index (κ3) is 53.8. The van der Waals surface area contributed by atoms with E-state index in [1.807, 2.05) is 27.2 Å². The molecule has 0 aromatic carbocycles. The maximum atomic E-state index is 12.9. The summed E-state index contributed by atoms with van der Waals surface area (Å²) < 4.78 is 23.3. The van der Waals surface area contributed by atoms with Crippen molar-refractivity contribution in [2.45, 2.75) is 276 Å². The van der Waals surface area contributed by atoms with Gasteiger partial charge in [0.1, 0.15) is 13.2 Å². The van der Waals surface area contributed by atoms with Crippen molar-refractivity contribution in [2.75, 3.05) is 40.9 Å². The Kier molecular flexibility index (Phi) is 49.8. The second-order valence-corrected chi connectivity index (χ2v) is 22.4. The third-order valence-electron chi connectivity index (χ3n) is 13.0. The van der Waals surface area contributed by atoms with Crippen LogP contribution in [0.15, 0.2) is 60.8 Å². The van der Waals surface area contributed by atoms with Crippen LogP contribution in [0.2, 0.25) is 0 Å². The zero-order valence-electron chi connectivity index (χ0n) is 46.0. The van der Waals surface area contributed by atoms with Crippen LogP contribution in [0.5, 0.6) is 0 Å². The number of aliphatic hydroxyl groups is 1. The predicted octanol–water partition coefficient (Wildman–Crippen LogP) is 17.1. The molecule has 0 aliphatic rings. The summed E-state index contributed by atoms with van der Waals surface area (Å²) in [5.41, 5.74) is 0. The fourth-order valence-corrected chi connectivity index (χ4v) is 9.14. The summed E-state index contributed by atoms with van der Waals surface area (Å²) in [6.07, 6.45) is 68.9. The molecule has 2 N–H and O–H groups in total. The number of aliphatic hydroxyl groups excluding tert-OH is 1. The van der Waals surface area contributed by atoms with E-state index in [1.54, 1.807) is 6.08 Å². The molecule has 9 heteroatoms. The Balaban J connectivity index is 4.19. The minimum atomic E-state index is -4.61. The lowest BCUT2D eigenvalue weighted by atomic mass is 10.0. The second-order valence-electron chi connectivity index (χ2n) is 21.0. The summed E-state index contributed by atoms with van der Waals surface area (Å²) in [6, 6.07) is -0.912. The smallest absolute Gasteiger partial charge is 0.268 e. The molecule has 0 spiro atoms. The quantitative estimate of drug-likeness (QED) is 0.0272. The standard InChI is InChI=1S/C60H113N2O6P/c1-6-8-10-12-14-16-18-20-22-24-25-26-27-28-29-30-31-32-33-34-35-36-38-39-41-43-45-47-49-51-53-59(63)58(57-68-69(65,66)67-56-55-62(3,4)5)61-60(64)54-52-50-48-46-44-42-40-37-23-21-19-17-15-13-11-9-7-2/h9,11,15,17,21,23,43,45,51,53,58-59,63H,6-8,10,12-14,16,18-20,22,24-42,44,46-50,52,54-57H2,1-5H3,(H-,61,64,65,66)/b11-9-,17-15-,23-21-,45-43+,53-51+. The number of carbonyl (C=O) groups is 1. The van der Waals surface area contributed by atoms with Crippen LogP contribution in [-0.4, -0.2) is 68.5 Å². The van der Waals surface area contributed by atoms with Crippen LogP contribution >= 0.6 is 7.82 Å². The number of unbranched alkanes of at least 4 members (excludes halogenated alkanes) is 32. The van der Waals surface area contributed by atoms with Crippen LogP contribution in [0, 0.1) is 0 Å². The molecule has 0 aromatic rings. The molecule has 404 valence electrons. The van der Waals surface area contributed by atoms with Crippen molar-refractivity contribution in [3.05, 3.63) is 60.8 Å². The van der Waals surface area contributed by atoms with E-state index in [0.29, 0.717) is 17.4 Å². The topological polar surface area (TPSA) is 108 Å². The molecule has 3 atom stereocenters. The maximum Gasteiger partial charge on any atom is 0.268 e. The number of allylic oxidation sites excluding steroid dienone is 9. The zero-order valence-corrected chi connectivity index (χ0v) is 46.9. The van der Waals surface area contributed by atoms with E-state index in [1.165, 1.54) is 173 Å². The summed E-state index contributed by atoms with van der Waals surface area (Å²) in [4.78, 5) is 25.5. The Hall–Kier alpha value is -1.80. The molecule has 0 rings (SSSR count). The Morgan fingerprint density at radius 1 is 0.522 bits per heavy atom. The molecular weight excluding hydrogens is 876 g/mol. The number of carbonyl (C=O) groups excluding carboxylic acids is 1. The van der Waals surface area contributed by atoms with Gasteiger partial charge in [-0.3, -0.25) is 9.36 Å². The highest BCUT2D eigenvalue weighted by Gasteiger charge is 2.23. The fraction of sp³-hybridized carbons (Fsp3) is 0.817. The molecule has 0 aliphatic heterocycles. The number of phosphoric ester groups is 1. The molecule has 0 heterocycles. The number of quaternary nitrogens is 1. The molecule has 0 aliphatic carbocycles. The first-order valence-corrected chi connectivity index (χ1v) is 30.6. The van der Waals surface area contributed by atoms with E-state index in [9.17, 15) is 19.4 Å². The maximum absolute atomic E-state index is 12.9. The van der Waals surface area contributed by atoms with E-state index < -0.39 is 26.6 Å². The van der Waals surface area contributed by atoms with Crippen LogP contribution in [0.25, 0.3) is 0 Å². The molecule has 0 radical (unpaired) electrons. The van der Waals surface area contributed by atoms with E-state index >= 15 is 0 Å². The zero-order chi connectivity index (χ0) is 50.6. The summed E-state index contributed by atoms with van der Waals surface area (Å²) in [5, 5.41) is 13.9. The van der Waals surface area contributed by atoms with Crippen molar-refractivity contribution < 1.29 is 32.9 Å². The van der Waals surface area contributed by atoms with E-state index in [4.69, 9.17) is 9.05 Å². The van der Waals surface area contributed by atoms with Crippen molar-refractivity contribution >= 4 is 13.7 Å². The van der Waals surface area contributed by atoms with E-state index in [-0.39, 0.29) is 12.5 Å². The Morgan fingerprint density at radius 2 is 0.899 bits per heavy atom. The predicted molar refractivity (Wildman–Crippen MR) is 297 cm³/mol. The Bertz CT molecular complexity index is 1310. The first-order valence-electron chi connectivity index (χ1n) is 29.2. The minimum absolute atomic E-state index is 0.0105. The molecule has 0 bridgehead atoms. The van der Waals surface area contributed by atoms with Gasteiger partial charge in [-0.2, -0.15) is 0 Å². The summed E-state index contributed by atoms with van der Waals surface area (Å²) in [7, 11) is 1.23. The van der Waals surface area contributed by atoms with Crippen molar-refractivity contribution in [2.24, 2.45) is 0 Å². The number of rotatable bonds is 53. The van der Waals surface area contributed by atoms with Crippen molar-refractivity contribution in [3.8, 4) is 0 Å². The highest BCUT2D eigenvalue weighted by Crippen LogP contribution is 2.38. The highest BCUT2D eigenvalue weighted by atomic mass is 31.2. The highest BCUT2D eigenvalue weighted by molar-refractivity contribution is 7.45. The second kappa shape index (κ2) is 51.1. The number of hydrogen-bond acceptors (Lipinski definition) is 6. The first kappa shape index (κ1) is 67.2. The number of hydrogen-bond donors (Lipinski definition) is 2. The van der Waals surface area contributed by atoms with Gasteiger partial charge in [-0.25, -0.2) is 0 Å². The van der Waals surface area contributed by atoms with Gasteiger partial charge in [0.15, 0.2) is 0 Å². The Labute approximate surface area is 428 Å². The number of likely N-dealkylation sites (N-methyl/N-ethyl adjacent to an activating group) is 1. The Morgan fingerprint density at radius 3 is 1.35 bits per heavy atom. The normalized spacial score (nSPS) is 14.4. The number of amides is 1. The number of phosphoric acid groups is 1. The number of nitrogens with zero attached hydrogens (tertiary/aromatic N) is 1. The lowest BCUT2D eigenvalue weighted by molar-refractivity contribution is -0.870. The molecule has 0 aromatic heterocycles. The van der Waals surface area contributed by atoms with Gasteiger partial charge in [0, 0.05) is 6.42 Å². The summed E-state index contributed by atoms with van der Waals surface area (Å²) >= 11 is 0. The average molecular weight is 990 g/mol. The van der Waals surface area contributed by atoms with Gasteiger partial charge in [-0.05, 0) is 64.2 Å². The van der Waals surface area contributed by atoms with Crippen molar-refractivity contribution in [3.63, 3.8) is 0 Å². The van der Waals surface area contributed by atoms with Gasteiger partial charge in [0.2, 0.25) is 5.91 Å². The summed E-state index contributed by atoms with van der Waals surface area (Å²) in [5.74, 6) is -0.217. The first-order chi connectivity index (χ1) is 33.5. The largest absolute Gasteiger partial charge is 0.756 e. The lowest BCUT2D eigenvalue weighted by Gasteiger charge is -2.29. The van der Waals surface area contributed by atoms with Crippen LogP contribution in [0.3, 0.4) is 0 Å². The van der Waals surface area contributed by atoms with Crippen LogP contribution in [0.4, 0.5) is 0 Å². The van der Waals surface area contributed by atoms with Gasteiger partial charge < -0.3 is 28.8 Å². The monoisotopic (exact) mass is 989 g/mol. The minimum Gasteiger partial charge on any atom is -0.756 e. The van der Waals surface area contributed by atoms with Crippen molar-refractivity contribution in [1.29, 1.82) is 0 Å². The van der Waals surface area contributed by atoms with Gasteiger partial charge in [-0.1, -0.05) is 254 Å². The lowest BCUT2D eigenvalue weighted by Crippen LogP contribution is -2.45. The molecule has 0 saturated heterocycles. The number of nitrogens with one attached hydrogen (secondary N) is 1. The van der Waals surface area contributed by atoms with Gasteiger partial charge >= 0.3 is 0 Å². The molecule has 0 fully saturated rings. The third-order valence-corrected chi connectivity index (χ3v) is 13.9. The van der Waals surface area contributed by atoms with Crippen LogP contribution in [-0.2, 0) is 18.4 Å². The molecule has 3 unspecified atom stereocenters. The molecular formula is C60H113N2O6P. The molecule has 8 nitrogen and oxygen atoms in total. The van der Waals surface area contributed by atoms with Gasteiger partial charge in [-0.15, -0.1) is 0 Å². The van der Waals surface area contributed by atoms with E-state index in [2.05, 4.69) is 67.8 Å². The SMILES string of the molecule is CC/C=C\C/C=C\C/C=C\CCCCCCCCCC(=O)NC(COP(=O)([O-])OCC[N+](C)(C)C)C(O)/C=C/CC/C=C/CCCCCCCCCCCCCCCCCCCCCCCCCC. The fourth-order valence-electron chi connectivity index (χ4n) is 8.42. The van der Waals surface area contributed by atoms with Gasteiger partial charge in [0.25, 0.3) is 7.82 Å². The average Bonchev–Trinajstić information content (AvgIpc) is 3.31. The van der Waals surface area contributed by atoms with Crippen LogP contribution < -0.4 is 10.2 Å². The molecule has 1 amide bonds. The van der Waals surface area contributed by atoms with Gasteiger partial charge in [0.05, 0.1) is 39.9 Å². The van der Waals surface area contributed by atoms with Crippen molar-refractivity contribution in [1.82, 2.24) is 5.32 Å². The summed E-state index contributed by atoms with van der Waals surface area (Å²) in [6.45, 7) is 4.53. The molecule has 0 saturated carbocycles. The van der Waals surface area contributed by atoms with Crippen LogP contribution in [0.1, 0.15) is 264 Å². The molecule has 69 heavy (non-hydrogen) atoms.